The largest absolute Gasteiger partial charge is 0.316 e. The Kier molecular flexibility index (Phi) is 150. The van der Waals surface area contributed by atoms with Crippen molar-refractivity contribution in [2.45, 2.75) is 0 Å². The van der Waals surface area contributed by atoms with Crippen molar-refractivity contribution in [2.24, 2.45) is 0 Å². The summed E-state index contributed by atoms with van der Waals surface area (Å²) in [6.07, 6.45) is 0. The summed E-state index contributed by atoms with van der Waals surface area (Å²) in [4.78, 5) is 0. The molecule has 0 aliphatic rings. The molecule has 0 aliphatic carbocycles. The van der Waals surface area contributed by atoms with Gasteiger partial charge >= 0.3 is 74.4 Å². The van der Waals surface area contributed by atoms with E-state index in [1.54, 1.807) is 0 Å². The Morgan fingerprint density at radius 2 is 1.00 bits per heavy atom. The van der Waals surface area contributed by atoms with Crippen LogP contribution in [0.1, 0.15) is 0 Å². The number of hydrogen-bond acceptors (Lipinski definition) is 0. The van der Waals surface area contributed by atoms with Crippen LogP contribution in [0.3, 0.4) is 0 Å². The summed E-state index contributed by atoms with van der Waals surface area (Å²) in [5.41, 5.74) is 0. The molecule has 5 heavy (non-hydrogen) atoms. The third kappa shape index (κ3) is 17.6. The molecule has 0 heterocycles. The fourth-order valence-corrected chi connectivity index (χ4v) is 0. The predicted octanol–water partition coefficient (Wildman–Crippen LogP) is -1.57. The van der Waals surface area contributed by atoms with Crippen molar-refractivity contribution in [1.82, 2.24) is 0 Å². The number of rotatable bonds is 0. The SMILES string of the molecule is [Ce].[Fe].[KH].[MgH2].[Mo]. The third-order valence-electron chi connectivity index (χ3n) is 0. The summed E-state index contributed by atoms with van der Waals surface area (Å²) < 4.78 is 0. The molecule has 0 amide bonds. The standard InChI is InChI=1S/Ce.Fe.K.Mg.Mo.3H. The van der Waals surface area contributed by atoms with Crippen molar-refractivity contribution < 1.29 is 79.9 Å². The molecule has 0 rings (SSSR count). The second-order valence-corrected chi connectivity index (χ2v) is 0. The van der Waals surface area contributed by atoms with Crippen LogP contribution in [-0.4, -0.2) is 74.4 Å². The monoisotopic (exact) mass is 360 g/mol. The Morgan fingerprint density at radius 1 is 1.00 bits per heavy atom. The van der Waals surface area contributed by atoms with Crippen LogP contribution in [0.4, 0.5) is 0 Å². The van der Waals surface area contributed by atoms with E-state index in [0.717, 1.165) is 0 Å². The molecule has 0 aromatic carbocycles. The molecule has 5 heteroatoms. The molecule has 0 nitrogen and oxygen atoms in total. The van der Waals surface area contributed by atoms with Crippen LogP contribution in [-0.2, 0) is 38.1 Å². The van der Waals surface area contributed by atoms with Gasteiger partial charge < -0.3 is 0 Å². The first kappa shape index (κ1) is 32.4. The zero-order valence-electron chi connectivity index (χ0n) is 1.26. The zero-order valence-corrected chi connectivity index (χ0v) is 7.51. The Hall–Kier alpha value is 4.99. The molecule has 0 spiro atoms. The van der Waals surface area contributed by atoms with Gasteiger partial charge in [0.05, 0.1) is 0 Å². The second kappa shape index (κ2) is 23.1. The molecular weight excluding hydrogens is 355 g/mol. The summed E-state index contributed by atoms with van der Waals surface area (Å²) >= 11 is 0. The minimum absolute atomic E-state index is 0. The van der Waals surface area contributed by atoms with Gasteiger partial charge in [0.25, 0.3) is 0 Å². The van der Waals surface area contributed by atoms with Gasteiger partial charge in [-0.05, 0) is 0 Å². The van der Waals surface area contributed by atoms with Crippen LogP contribution < -0.4 is 0 Å². The second-order valence-electron chi connectivity index (χ2n) is 0. The van der Waals surface area contributed by atoms with Gasteiger partial charge in [-0.25, -0.2) is 0 Å². The average molecular weight is 358 g/mol. The van der Waals surface area contributed by atoms with Crippen LogP contribution in [0.15, 0.2) is 0 Å². The normalized spacial score (nSPS) is 0. The Balaban J connectivity index is 0. The van der Waals surface area contributed by atoms with Gasteiger partial charge in [0.2, 0.25) is 0 Å². The quantitative estimate of drug-likeness (QED) is 0.459. The Bertz CT molecular complexity index is 11.6. The van der Waals surface area contributed by atoms with Gasteiger partial charge in [-0.2, -0.15) is 0 Å². The molecule has 0 bridgehead atoms. The van der Waals surface area contributed by atoms with E-state index in [1.165, 1.54) is 0 Å². The van der Waals surface area contributed by atoms with Gasteiger partial charge in [-0.15, -0.1) is 0 Å². The summed E-state index contributed by atoms with van der Waals surface area (Å²) in [6.45, 7) is 0. The summed E-state index contributed by atoms with van der Waals surface area (Å²) in [5, 5.41) is 0. The Labute approximate surface area is 149 Å². The Morgan fingerprint density at radius 3 is 1.00 bits per heavy atom. The molecule has 0 aromatic rings. The first-order chi connectivity index (χ1) is 0. The van der Waals surface area contributed by atoms with Crippen molar-refractivity contribution in [2.75, 3.05) is 0 Å². The van der Waals surface area contributed by atoms with Crippen molar-refractivity contribution in [3.63, 3.8) is 0 Å². The molecule has 0 fully saturated rings. The predicted molar refractivity (Wildman–Crippen MR) is 15.7 cm³/mol. The minimum atomic E-state index is 0. The van der Waals surface area contributed by atoms with Gasteiger partial charge in [0.15, 0.2) is 0 Å². The molecule has 0 saturated heterocycles. The molecule has 0 unspecified atom stereocenters. The van der Waals surface area contributed by atoms with Gasteiger partial charge in [-0.3, -0.25) is 0 Å². The summed E-state index contributed by atoms with van der Waals surface area (Å²) in [5.74, 6) is 0. The van der Waals surface area contributed by atoms with Gasteiger partial charge in [0.1, 0.15) is 0 Å². The fraction of sp³-hybridized carbons (Fsp3) is 0. The maximum Gasteiger partial charge on any atom is 0.316 e. The molecule has 24 valence electrons. The van der Waals surface area contributed by atoms with Crippen molar-refractivity contribution in [3.05, 3.63) is 0 Å². The first-order valence-electron chi connectivity index (χ1n) is 0. The molecular formula is H3CeFeKMgMo. The third-order valence-corrected chi connectivity index (χ3v) is 0. The van der Waals surface area contributed by atoms with Gasteiger partial charge in [0, 0.05) is 79.9 Å². The van der Waals surface area contributed by atoms with E-state index in [9.17, 15) is 0 Å². The van der Waals surface area contributed by atoms with E-state index in [-0.39, 0.29) is 154 Å². The molecule has 0 saturated carbocycles. The van der Waals surface area contributed by atoms with E-state index in [1.807, 2.05) is 0 Å². The molecule has 0 N–H and O–H groups in total. The maximum atomic E-state index is 0. The van der Waals surface area contributed by atoms with Crippen LogP contribution in [0.5, 0.6) is 0 Å². The smallest absolute Gasteiger partial charge is 0 e. The minimum Gasteiger partial charge on any atom is 0 e. The van der Waals surface area contributed by atoms with Gasteiger partial charge in [-0.1, -0.05) is 0 Å². The summed E-state index contributed by atoms with van der Waals surface area (Å²) in [7, 11) is 0. The van der Waals surface area contributed by atoms with Crippen molar-refractivity contribution >= 4 is 74.4 Å². The number of hydrogen-bond donors (Lipinski definition) is 0. The summed E-state index contributed by atoms with van der Waals surface area (Å²) in [6, 6.07) is 0. The van der Waals surface area contributed by atoms with Crippen LogP contribution in [0.2, 0.25) is 0 Å². The van der Waals surface area contributed by atoms with E-state index in [0.29, 0.717) is 0 Å². The van der Waals surface area contributed by atoms with E-state index >= 15 is 0 Å². The van der Waals surface area contributed by atoms with Crippen LogP contribution in [0.25, 0.3) is 0 Å². The van der Waals surface area contributed by atoms with Crippen molar-refractivity contribution in [3.8, 4) is 0 Å². The molecule has 0 atom stereocenters. The van der Waals surface area contributed by atoms with Crippen molar-refractivity contribution in [1.29, 1.82) is 0 Å². The molecule has 0 aliphatic heterocycles. The molecule has 0 radical (unpaired) electrons. The van der Waals surface area contributed by atoms with Crippen LogP contribution in [0, 0.1) is 41.7 Å². The first-order valence-corrected chi connectivity index (χ1v) is 0. The van der Waals surface area contributed by atoms with E-state index in [2.05, 4.69) is 0 Å². The van der Waals surface area contributed by atoms with E-state index < -0.39 is 0 Å². The topological polar surface area (TPSA) is 0 Å². The van der Waals surface area contributed by atoms with Crippen LogP contribution >= 0.6 is 0 Å². The molecule has 0 aromatic heterocycles. The zero-order chi connectivity index (χ0) is 0. The van der Waals surface area contributed by atoms with E-state index in [4.69, 9.17) is 0 Å². The maximum absolute atomic E-state index is 0. The average Bonchev–Trinajstić information content (AvgIpc) is 0. The fourth-order valence-electron chi connectivity index (χ4n) is 0.